The number of aliphatic hydroxyl groups is 3. The molecule has 3 aromatic carbocycles. The molecule has 0 saturated heterocycles. The molecule has 24 heavy (non-hydrogen) atoms. The van der Waals surface area contributed by atoms with Crippen LogP contribution in [0.4, 0.5) is 0 Å². The van der Waals surface area contributed by atoms with E-state index in [0.29, 0.717) is 16.7 Å². The Labute approximate surface area is 141 Å². The third-order valence-corrected chi connectivity index (χ3v) is 4.46. The second-order valence-corrected chi connectivity index (χ2v) is 5.83. The first-order chi connectivity index (χ1) is 11.6. The summed E-state index contributed by atoms with van der Waals surface area (Å²) >= 11 is 0. The van der Waals surface area contributed by atoms with Gasteiger partial charge in [-0.05, 0) is 16.7 Å². The van der Waals surface area contributed by atoms with Crippen molar-refractivity contribution in [2.45, 2.75) is 11.2 Å². The molecule has 0 bridgehead atoms. The summed E-state index contributed by atoms with van der Waals surface area (Å²) in [6, 6.07) is 26.6. The lowest BCUT2D eigenvalue weighted by atomic mass is 9.70. The Morgan fingerprint density at radius 2 is 0.875 bits per heavy atom. The van der Waals surface area contributed by atoms with Crippen LogP contribution in [0.5, 0.6) is 0 Å². The first-order valence-corrected chi connectivity index (χ1v) is 7.85. The van der Waals surface area contributed by atoms with Gasteiger partial charge in [-0.3, -0.25) is 0 Å². The normalized spacial score (nSPS) is 14.1. The Morgan fingerprint density at radius 1 is 0.542 bits per heavy atom. The maximum Gasteiger partial charge on any atom is 0.150 e. The third-order valence-electron chi connectivity index (χ3n) is 4.46. The van der Waals surface area contributed by atoms with E-state index in [2.05, 4.69) is 0 Å². The smallest absolute Gasteiger partial charge is 0.150 e. The van der Waals surface area contributed by atoms with Crippen LogP contribution >= 0.6 is 0 Å². The van der Waals surface area contributed by atoms with Crippen LogP contribution in [-0.4, -0.2) is 21.9 Å². The van der Waals surface area contributed by atoms with Crippen molar-refractivity contribution in [1.29, 1.82) is 0 Å². The van der Waals surface area contributed by atoms with Crippen LogP contribution in [0.2, 0.25) is 0 Å². The van der Waals surface area contributed by atoms with E-state index in [1.54, 1.807) is 72.8 Å². The molecule has 0 fully saturated rings. The molecule has 0 radical (unpaired) electrons. The van der Waals surface area contributed by atoms with Gasteiger partial charge in [0.2, 0.25) is 0 Å². The number of rotatable bonds is 5. The van der Waals surface area contributed by atoms with E-state index in [-0.39, 0.29) is 0 Å². The standard InChI is InChI=1S/C21H20O3/c22-16-20(23,17-10-4-1-5-11-17)21(24,18-12-6-2-7-13-18)19-14-8-3-9-15-19/h1-15,22-24H,16H2. The summed E-state index contributed by atoms with van der Waals surface area (Å²) in [5.41, 5.74) is -2.22. The van der Waals surface area contributed by atoms with Gasteiger partial charge in [-0.25, -0.2) is 0 Å². The molecule has 3 rings (SSSR count). The lowest BCUT2D eigenvalue weighted by molar-refractivity contribution is -0.163. The van der Waals surface area contributed by atoms with Gasteiger partial charge in [-0.2, -0.15) is 0 Å². The highest BCUT2D eigenvalue weighted by molar-refractivity contribution is 5.43. The average molecular weight is 320 g/mol. The lowest BCUT2D eigenvalue weighted by Gasteiger charge is -2.43. The number of benzene rings is 3. The van der Waals surface area contributed by atoms with Crippen molar-refractivity contribution in [3.05, 3.63) is 108 Å². The summed E-state index contributed by atoms with van der Waals surface area (Å²) in [4.78, 5) is 0. The van der Waals surface area contributed by atoms with Crippen molar-refractivity contribution in [3.63, 3.8) is 0 Å². The summed E-state index contributed by atoms with van der Waals surface area (Å²) in [5, 5.41) is 33.2. The van der Waals surface area contributed by atoms with E-state index in [9.17, 15) is 15.3 Å². The molecule has 0 aliphatic heterocycles. The predicted molar refractivity (Wildman–Crippen MR) is 93.3 cm³/mol. The summed E-state index contributed by atoms with van der Waals surface area (Å²) in [6.45, 7) is -0.628. The molecule has 1 unspecified atom stereocenters. The quantitative estimate of drug-likeness (QED) is 0.677. The van der Waals surface area contributed by atoms with Crippen LogP contribution in [0.15, 0.2) is 91.0 Å². The molecule has 3 heteroatoms. The molecular weight excluding hydrogens is 300 g/mol. The molecule has 1 atom stereocenters. The topological polar surface area (TPSA) is 60.7 Å². The van der Waals surface area contributed by atoms with Crippen molar-refractivity contribution in [2.75, 3.05) is 6.61 Å². The Hall–Kier alpha value is -2.46. The third kappa shape index (κ3) is 2.53. The van der Waals surface area contributed by atoms with Gasteiger partial charge in [0.15, 0.2) is 0 Å². The fourth-order valence-electron chi connectivity index (χ4n) is 3.13. The molecule has 3 N–H and O–H groups in total. The zero-order valence-electron chi connectivity index (χ0n) is 13.2. The van der Waals surface area contributed by atoms with Gasteiger partial charge in [0.05, 0.1) is 6.61 Å². The largest absolute Gasteiger partial charge is 0.393 e. The Morgan fingerprint density at radius 3 is 1.21 bits per heavy atom. The van der Waals surface area contributed by atoms with Crippen molar-refractivity contribution in [1.82, 2.24) is 0 Å². The lowest BCUT2D eigenvalue weighted by Crippen LogP contribution is -2.52. The minimum atomic E-state index is -1.89. The van der Waals surface area contributed by atoms with Gasteiger partial charge in [0.1, 0.15) is 11.2 Å². The van der Waals surface area contributed by atoms with E-state index in [4.69, 9.17) is 0 Å². The predicted octanol–water partition coefficient (Wildman–Crippen LogP) is 2.80. The van der Waals surface area contributed by atoms with Gasteiger partial charge in [-0.1, -0.05) is 91.0 Å². The van der Waals surface area contributed by atoms with Crippen LogP contribution in [-0.2, 0) is 11.2 Å². The van der Waals surface area contributed by atoms with E-state index in [1.807, 2.05) is 18.2 Å². The zero-order valence-corrected chi connectivity index (χ0v) is 13.2. The summed E-state index contributed by atoms with van der Waals surface area (Å²) in [7, 11) is 0. The monoisotopic (exact) mass is 320 g/mol. The molecule has 0 aliphatic rings. The Balaban J connectivity index is 2.29. The number of hydrogen-bond donors (Lipinski definition) is 3. The van der Waals surface area contributed by atoms with Crippen LogP contribution in [0.3, 0.4) is 0 Å². The molecule has 0 amide bonds. The van der Waals surface area contributed by atoms with E-state index in [1.165, 1.54) is 0 Å². The summed E-state index contributed by atoms with van der Waals surface area (Å²) < 4.78 is 0. The fourth-order valence-corrected chi connectivity index (χ4v) is 3.13. The highest BCUT2D eigenvalue weighted by Gasteiger charge is 2.52. The van der Waals surface area contributed by atoms with Crippen LogP contribution in [0.1, 0.15) is 16.7 Å². The number of hydrogen-bond acceptors (Lipinski definition) is 3. The molecule has 0 heterocycles. The van der Waals surface area contributed by atoms with E-state index >= 15 is 0 Å². The second kappa shape index (κ2) is 6.57. The van der Waals surface area contributed by atoms with Crippen molar-refractivity contribution in [3.8, 4) is 0 Å². The van der Waals surface area contributed by atoms with Gasteiger partial charge in [0.25, 0.3) is 0 Å². The summed E-state index contributed by atoms with van der Waals surface area (Å²) in [5.74, 6) is 0. The van der Waals surface area contributed by atoms with Crippen LogP contribution in [0, 0.1) is 0 Å². The highest BCUT2D eigenvalue weighted by atomic mass is 16.4. The van der Waals surface area contributed by atoms with Crippen molar-refractivity contribution in [2.24, 2.45) is 0 Å². The fraction of sp³-hybridized carbons (Fsp3) is 0.143. The minimum absolute atomic E-state index is 0.447. The van der Waals surface area contributed by atoms with Gasteiger partial charge in [-0.15, -0.1) is 0 Å². The molecule has 3 aromatic rings. The van der Waals surface area contributed by atoms with Gasteiger partial charge in [0, 0.05) is 0 Å². The first kappa shape index (κ1) is 16.4. The number of aliphatic hydroxyl groups excluding tert-OH is 1. The van der Waals surface area contributed by atoms with Crippen molar-refractivity contribution >= 4 is 0 Å². The molecule has 3 nitrogen and oxygen atoms in total. The molecule has 0 spiro atoms. The zero-order chi connectivity index (χ0) is 17.0. The highest BCUT2D eigenvalue weighted by Crippen LogP contribution is 2.45. The van der Waals surface area contributed by atoms with Crippen LogP contribution < -0.4 is 0 Å². The second-order valence-electron chi connectivity index (χ2n) is 5.83. The molecule has 0 saturated carbocycles. The van der Waals surface area contributed by atoms with Crippen molar-refractivity contribution < 1.29 is 15.3 Å². The first-order valence-electron chi connectivity index (χ1n) is 7.85. The molecule has 0 aliphatic carbocycles. The molecular formula is C21H20O3. The Bertz CT molecular complexity index is 732. The molecule has 122 valence electrons. The molecule has 0 aromatic heterocycles. The van der Waals surface area contributed by atoms with Gasteiger partial charge < -0.3 is 15.3 Å². The van der Waals surface area contributed by atoms with Crippen LogP contribution in [0.25, 0.3) is 0 Å². The summed E-state index contributed by atoms with van der Waals surface area (Å²) in [6.07, 6.45) is 0. The minimum Gasteiger partial charge on any atom is -0.393 e. The SMILES string of the molecule is OCC(O)(c1ccccc1)C(O)(c1ccccc1)c1ccccc1. The Kier molecular flexibility index (Phi) is 4.49. The maximum absolute atomic E-state index is 11.7. The maximum atomic E-state index is 11.7. The van der Waals surface area contributed by atoms with E-state index < -0.39 is 17.8 Å². The average Bonchev–Trinajstić information content (AvgIpc) is 2.68. The van der Waals surface area contributed by atoms with E-state index in [0.717, 1.165) is 0 Å². The van der Waals surface area contributed by atoms with Gasteiger partial charge >= 0.3 is 0 Å².